The Balaban J connectivity index is 1.61. The van der Waals surface area contributed by atoms with E-state index in [2.05, 4.69) is 12.2 Å². The van der Waals surface area contributed by atoms with Crippen LogP contribution in [0.1, 0.15) is 71.5 Å². The SMILES string of the molecule is CCCC(C)N1C/C=C\CCC(=O)N[C@@H](C)[C@H](c2ccccc2)OC(=O)[C@@H]2[C@H]3C(=O)N([C@@H](CC)CO)[C@H](C1=O)[C@]31C=C[C@H]2O1. The van der Waals surface area contributed by atoms with Gasteiger partial charge in [0.1, 0.15) is 23.7 Å². The lowest BCUT2D eigenvalue weighted by molar-refractivity contribution is -0.162. The van der Waals surface area contributed by atoms with Crippen LogP contribution in [0.15, 0.2) is 54.6 Å². The first kappa shape index (κ1) is 31.9. The van der Waals surface area contributed by atoms with Crippen molar-refractivity contribution in [3.63, 3.8) is 0 Å². The van der Waals surface area contributed by atoms with Crippen molar-refractivity contribution in [3.05, 3.63) is 60.2 Å². The van der Waals surface area contributed by atoms with Gasteiger partial charge < -0.3 is 29.7 Å². The van der Waals surface area contributed by atoms with E-state index in [9.17, 15) is 24.3 Å². The van der Waals surface area contributed by atoms with Gasteiger partial charge in [0.2, 0.25) is 17.7 Å². The van der Waals surface area contributed by atoms with Gasteiger partial charge in [-0.05, 0) is 38.7 Å². The Labute approximate surface area is 259 Å². The van der Waals surface area contributed by atoms with Crippen LogP contribution in [0.5, 0.6) is 0 Å². The van der Waals surface area contributed by atoms with Crippen molar-refractivity contribution in [2.24, 2.45) is 11.8 Å². The number of benzene rings is 1. The highest BCUT2D eigenvalue weighted by atomic mass is 16.6. The number of carbonyl (C=O) groups excluding carboxylic acids is 4. The van der Waals surface area contributed by atoms with Gasteiger partial charge in [-0.3, -0.25) is 19.2 Å². The van der Waals surface area contributed by atoms with Crippen molar-refractivity contribution in [1.82, 2.24) is 15.1 Å². The summed E-state index contributed by atoms with van der Waals surface area (Å²) in [6.07, 6.45) is 8.51. The van der Waals surface area contributed by atoms with Crippen molar-refractivity contribution < 1.29 is 33.8 Å². The van der Waals surface area contributed by atoms with Crippen LogP contribution < -0.4 is 5.32 Å². The highest BCUT2D eigenvalue weighted by Crippen LogP contribution is 2.56. The summed E-state index contributed by atoms with van der Waals surface area (Å²) in [6.45, 7) is 7.66. The molecule has 2 N–H and O–H groups in total. The molecular weight excluding hydrogens is 562 g/mol. The van der Waals surface area contributed by atoms with E-state index in [1.165, 1.54) is 4.90 Å². The number of hydrogen-bond acceptors (Lipinski definition) is 7. The quantitative estimate of drug-likeness (QED) is 0.361. The molecule has 0 aromatic heterocycles. The van der Waals surface area contributed by atoms with Gasteiger partial charge in [-0.2, -0.15) is 0 Å². The monoisotopic (exact) mass is 607 g/mol. The van der Waals surface area contributed by atoms with Gasteiger partial charge in [0.05, 0.1) is 30.7 Å². The smallest absolute Gasteiger partial charge is 0.313 e. The molecule has 0 radical (unpaired) electrons. The molecule has 0 aliphatic carbocycles. The highest BCUT2D eigenvalue weighted by molar-refractivity contribution is 5.99. The normalized spacial score (nSPS) is 34.5. The number of cyclic esters (lactones) is 1. The number of nitrogens with one attached hydrogen (secondary N) is 1. The molecule has 5 bridgehead atoms. The molecule has 1 aromatic carbocycles. The Morgan fingerprint density at radius 2 is 1.84 bits per heavy atom. The number of rotatable bonds is 7. The van der Waals surface area contributed by atoms with E-state index in [0.29, 0.717) is 24.9 Å². The maximum atomic E-state index is 14.7. The largest absolute Gasteiger partial charge is 0.455 e. The molecule has 4 aliphatic rings. The zero-order chi connectivity index (χ0) is 31.6. The molecule has 0 saturated carbocycles. The average Bonchev–Trinajstić information content (AvgIpc) is 3.65. The van der Waals surface area contributed by atoms with Crippen LogP contribution in [0, 0.1) is 11.8 Å². The summed E-state index contributed by atoms with van der Waals surface area (Å²) in [5, 5.41) is 13.3. The van der Waals surface area contributed by atoms with Crippen LogP contribution >= 0.6 is 0 Å². The maximum Gasteiger partial charge on any atom is 0.313 e. The summed E-state index contributed by atoms with van der Waals surface area (Å²) in [5.41, 5.74) is -0.658. The zero-order valence-corrected chi connectivity index (χ0v) is 26.1. The third-order valence-electron chi connectivity index (χ3n) is 9.64. The molecule has 1 unspecified atom stereocenters. The van der Waals surface area contributed by atoms with E-state index in [1.807, 2.05) is 56.3 Å². The molecule has 9 atom stereocenters. The molecule has 3 amide bonds. The van der Waals surface area contributed by atoms with Gasteiger partial charge in [0.15, 0.2) is 0 Å². The van der Waals surface area contributed by atoms with E-state index >= 15 is 0 Å². The number of fused-ring (bicyclic) bond motifs is 2. The number of hydrogen-bond donors (Lipinski definition) is 2. The lowest BCUT2D eigenvalue weighted by atomic mass is 9.74. The minimum absolute atomic E-state index is 0.139. The van der Waals surface area contributed by atoms with Crippen molar-refractivity contribution in [1.29, 1.82) is 0 Å². The highest BCUT2D eigenvalue weighted by Gasteiger charge is 2.74. The number of esters is 1. The predicted octanol–water partition coefficient (Wildman–Crippen LogP) is 3.06. The molecule has 2 fully saturated rings. The van der Waals surface area contributed by atoms with Gasteiger partial charge in [-0.25, -0.2) is 0 Å². The van der Waals surface area contributed by atoms with Gasteiger partial charge in [0.25, 0.3) is 0 Å². The molecule has 44 heavy (non-hydrogen) atoms. The van der Waals surface area contributed by atoms with E-state index in [1.54, 1.807) is 24.0 Å². The van der Waals surface area contributed by atoms with Crippen LogP contribution in [0.4, 0.5) is 0 Å². The van der Waals surface area contributed by atoms with E-state index in [4.69, 9.17) is 9.47 Å². The Morgan fingerprint density at radius 3 is 2.52 bits per heavy atom. The third-order valence-corrected chi connectivity index (χ3v) is 9.64. The molecular formula is C34H45N3O7. The summed E-state index contributed by atoms with van der Waals surface area (Å²) < 4.78 is 12.7. The molecule has 2 saturated heterocycles. The Hall–Kier alpha value is -3.50. The first-order valence-corrected chi connectivity index (χ1v) is 16.0. The number of aliphatic hydroxyl groups excluding tert-OH is 1. The maximum absolute atomic E-state index is 14.7. The number of carbonyl (C=O) groups is 4. The van der Waals surface area contributed by atoms with Crippen molar-refractivity contribution in [2.75, 3.05) is 13.2 Å². The van der Waals surface area contributed by atoms with Gasteiger partial charge in [-0.1, -0.05) is 74.9 Å². The second-order valence-corrected chi connectivity index (χ2v) is 12.5. The first-order chi connectivity index (χ1) is 21.2. The number of allylic oxidation sites excluding steroid dienone is 1. The summed E-state index contributed by atoms with van der Waals surface area (Å²) in [7, 11) is 0. The number of nitrogens with zero attached hydrogens (tertiary/aromatic N) is 2. The van der Waals surface area contributed by atoms with E-state index < -0.39 is 59.6 Å². The van der Waals surface area contributed by atoms with Gasteiger partial charge in [0, 0.05) is 19.0 Å². The fraction of sp³-hybridized carbons (Fsp3) is 0.588. The van der Waals surface area contributed by atoms with Crippen molar-refractivity contribution in [3.8, 4) is 0 Å². The molecule has 5 rings (SSSR count). The van der Waals surface area contributed by atoms with E-state index in [-0.39, 0.29) is 30.9 Å². The van der Waals surface area contributed by atoms with E-state index in [0.717, 1.165) is 12.8 Å². The molecule has 10 heteroatoms. The Kier molecular flexibility index (Phi) is 9.60. The molecule has 4 aliphatic heterocycles. The molecule has 1 spiro atoms. The predicted molar refractivity (Wildman–Crippen MR) is 163 cm³/mol. The van der Waals surface area contributed by atoms with Crippen LogP contribution in [0.3, 0.4) is 0 Å². The number of aliphatic hydroxyl groups is 1. The fourth-order valence-corrected chi connectivity index (χ4v) is 7.41. The lowest BCUT2D eigenvalue weighted by Gasteiger charge is -2.40. The first-order valence-electron chi connectivity index (χ1n) is 16.0. The minimum Gasteiger partial charge on any atom is -0.455 e. The fourth-order valence-electron chi connectivity index (χ4n) is 7.41. The molecule has 238 valence electrons. The molecule has 10 nitrogen and oxygen atoms in total. The lowest BCUT2D eigenvalue weighted by Crippen LogP contribution is -2.59. The Morgan fingerprint density at radius 1 is 1.09 bits per heavy atom. The second kappa shape index (κ2) is 13.2. The van der Waals surface area contributed by atoms with Crippen LogP contribution in [0.25, 0.3) is 0 Å². The minimum atomic E-state index is -1.37. The van der Waals surface area contributed by atoms with Crippen LogP contribution in [-0.2, 0) is 28.7 Å². The third kappa shape index (κ3) is 5.58. The summed E-state index contributed by atoms with van der Waals surface area (Å²) in [6, 6.07) is 6.84. The zero-order valence-electron chi connectivity index (χ0n) is 26.1. The van der Waals surface area contributed by atoms with Crippen LogP contribution in [-0.4, -0.2) is 87.6 Å². The summed E-state index contributed by atoms with van der Waals surface area (Å²) in [5.74, 6) is -3.46. The number of ether oxygens (including phenoxy) is 2. The van der Waals surface area contributed by atoms with Gasteiger partial charge >= 0.3 is 5.97 Å². The standard InChI is InChI=1S/C34H45N3O7/c1-5-13-21(3)36-19-12-8-11-16-26(39)35-22(4)29(23-14-9-7-10-15-23)43-33(42)27-25-17-18-34(44-25)28(27)31(40)37(24(6-2)20-38)30(34)32(36)41/h7-10,12,14-15,17-18,21-22,24-25,27-30,38H,5-6,11,13,16,19-20H2,1-4H3,(H,35,39)/b12-8-/t21?,22-,24-,25+,27-,28-,29+,30+,34-/m0/s1. The molecule has 1 aromatic rings. The van der Waals surface area contributed by atoms with Gasteiger partial charge in [-0.15, -0.1) is 0 Å². The van der Waals surface area contributed by atoms with Crippen molar-refractivity contribution >= 4 is 23.7 Å². The average molecular weight is 608 g/mol. The summed E-state index contributed by atoms with van der Waals surface area (Å²) >= 11 is 0. The number of likely N-dealkylation sites (tertiary alicyclic amines) is 1. The molecule has 4 heterocycles. The summed E-state index contributed by atoms with van der Waals surface area (Å²) in [4.78, 5) is 59.3. The number of amides is 3. The second-order valence-electron chi connectivity index (χ2n) is 12.5. The van der Waals surface area contributed by atoms with Crippen molar-refractivity contribution in [2.45, 2.75) is 102 Å². The van der Waals surface area contributed by atoms with Crippen LogP contribution in [0.2, 0.25) is 0 Å². The Bertz CT molecular complexity index is 1290. The topological polar surface area (TPSA) is 125 Å².